The van der Waals surface area contributed by atoms with E-state index < -0.39 is 0 Å². The van der Waals surface area contributed by atoms with Crippen LogP contribution in [0, 0.1) is 0 Å². The lowest BCUT2D eigenvalue weighted by Crippen LogP contribution is -1.94. The summed E-state index contributed by atoms with van der Waals surface area (Å²) in [5.74, 6) is 0. The van der Waals surface area contributed by atoms with Gasteiger partial charge in [0, 0.05) is 6.92 Å². The zero-order valence-electron chi connectivity index (χ0n) is 8.33. The monoisotopic (exact) mass is 220 g/mol. The molecule has 0 aliphatic carbocycles. The van der Waals surface area contributed by atoms with Gasteiger partial charge in [-0.25, -0.2) is 0 Å². The lowest BCUT2D eigenvalue weighted by molar-refractivity contribution is 0.334. The molecule has 2 nitrogen and oxygen atoms in total. The van der Waals surface area contributed by atoms with E-state index >= 15 is 0 Å². The van der Waals surface area contributed by atoms with Crippen LogP contribution in [0.25, 0.3) is 0 Å². The summed E-state index contributed by atoms with van der Waals surface area (Å²) in [5.41, 5.74) is 0. The van der Waals surface area contributed by atoms with E-state index in [4.69, 9.17) is 9.47 Å². The Morgan fingerprint density at radius 3 is 1.77 bits per heavy atom. The molecule has 0 bridgehead atoms. The van der Waals surface area contributed by atoms with Crippen LogP contribution in [0.15, 0.2) is 12.7 Å². The van der Waals surface area contributed by atoms with Crippen molar-refractivity contribution >= 4 is 34.5 Å². The fourth-order valence-corrected chi connectivity index (χ4v) is 0.640. The Morgan fingerprint density at radius 2 is 1.69 bits per heavy atom. The normalized spacial score (nSPS) is 7.62. The van der Waals surface area contributed by atoms with Gasteiger partial charge < -0.3 is 9.47 Å². The van der Waals surface area contributed by atoms with E-state index in [-0.39, 0.29) is 0 Å². The van der Waals surface area contributed by atoms with Gasteiger partial charge in [-0.3, -0.25) is 0 Å². The molecular weight excluding hydrogens is 204 g/mol. The second-order valence-electron chi connectivity index (χ2n) is 1.88. The van der Waals surface area contributed by atoms with Crippen LogP contribution in [0.1, 0.15) is 20.8 Å². The van der Waals surface area contributed by atoms with Crippen LogP contribution in [0.2, 0.25) is 0 Å². The summed E-state index contributed by atoms with van der Waals surface area (Å²) in [4.78, 5) is 0. The Kier molecular flexibility index (Phi) is 13.3. The second kappa shape index (κ2) is 11.5. The average molecular weight is 220 g/mol. The highest BCUT2D eigenvalue weighted by Gasteiger charge is 1.80. The molecule has 0 radical (unpaired) electrons. The van der Waals surface area contributed by atoms with E-state index in [0.717, 1.165) is 0 Å². The van der Waals surface area contributed by atoms with Crippen molar-refractivity contribution < 1.29 is 9.47 Å². The molecule has 0 amide bonds. The molecule has 0 aromatic rings. The Morgan fingerprint density at radius 1 is 1.23 bits per heavy atom. The number of hydrogen-bond donors (Lipinski definition) is 0. The summed E-state index contributed by atoms with van der Waals surface area (Å²) in [6, 6.07) is 0. The molecule has 0 aromatic heterocycles. The third-order valence-corrected chi connectivity index (χ3v) is 1.20. The van der Waals surface area contributed by atoms with Gasteiger partial charge in [0.1, 0.15) is 0 Å². The first-order valence-electron chi connectivity index (χ1n) is 4.00. The molecule has 4 heteroatoms. The van der Waals surface area contributed by atoms with Crippen LogP contribution in [0.5, 0.6) is 0 Å². The number of thiocarbonyl (C=S) groups is 2. The molecule has 0 spiro atoms. The molecule has 0 heterocycles. The molecule has 0 atom stereocenters. The number of hydrogen-bond acceptors (Lipinski definition) is 4. The topological polar surface area (TPSA) is 18.5 Å². The van der Waals surface area contributed by atoms with Crippen LogP contribution < -0.4 is 0 Å². The highest BCUT2D eigenvalue weighted by atomic mass is 32.1. The molecule has 0 N–H and O–H groups in total. The first-order chi connectivity index (χ1) is 6.08. The first-order valence-corrected chi connectivity index (χ1v) is 4.82. The van der Waals surface area contributed by atoms with E-state index in [1.807, 2.05) is 13.8 Å². The minimum absolute atomic E-state index is 0.475. The summed E-state index contributed by atoms with van der Waals surface area (Å²) in [5, 5.41) is 1.10. The Labute approximate surface area is 90.9 Å². The van der Waals surface area contributed by atoms with Crippen molar-refractivity contribution in [2.75, 3.05) is 13.2 Å². The highest BCUT2D eigenvalue weighted by molar-refractivity contribution is 7.80. The predicted octanol–water partition coefficient (Wildman–Crippen LogP) is 2.91. The quantitative estimate of drug-likeness (QED) is 0.537. The SMILES string of the molecule is C=CC(=S)OCC.CCOC(C)=S. The maximum Gasteiger partial charge on any atom is 0.183 e. The average Bonchev–Trinajstić information content (AvgIpc) is 2.05. The zero-order chi connectivity index (χ0) is 10.7. The summed E-state index contributed by atoms with van der Waals surface area (Å²) in [6.07, 6.45) is 1.51. The van der Waals surface area contributed by atoms with Gasteiger partial charge in [-0.1, -0.05) is 6.58 Å². The Hall–Kier alpha value is -0.480. The summed E-state index contributed by atoms with van der Waals surface area (Å²) < 4.78 is 9.58. The number of rotatable bonds is 3. The zero-order valence-corrected chi connectivity index (χ0v) is 9.96. The van der Waals surface area contributed by atoms with Crippen LogP contribution in [0.3, 0.4) is 0 Å². The van der Waals surface area contributed by atoms with Gasteiger partial charge in [0.15, 0.2) is 10.1 Å². The summed E-state index contributed by atoms with van der Waals surface area (Å²) in [7, 11) is 0. The molecule has 0 unspecified atom stereocenters. The standard InChI is InChI=1S/C5H8OS.C4H8OS/c1-3-5(7)6-4-2;1-3-5-4(2)6/h3H,1,4H2,2H3;3H2,1-2H3. The van der Waals surface area contributed by atoms with Gasteiger partial charge in [-0.05, 0) is 44.4 Å². The van der Waals surface area contributed by atoms with Crippen molar-refractivity contribution in [3.8, 4) is 0 Å². The smallest absolute Gasteiger partial charge is 0.183 e. The first kappa shape index (κ1) is 15.0. The van der Waals surface area contributed by atoms with Crippen molar-refractivity contribution in [1.29, 1.82) is 0 Å². The van der Waals surface area contributed by atoms with Crippen molar-refractivity contribution in [2.45, 2.75) is 20.8 Å². The molecule has 0 aliphatic rings. The third kappa shape index (κ3) is 18.5. The van der Waals surface area contributed by atoms with Crippen LogP contribution in [-0.4, -0.2) is 23.3 Å². The highest BCUT2D eigenvalue weighted by Crippen LogP contribution is 1.79. The third-order valence-electron chi connectivity index (χ3n) is 0.801. The maximum atomic E-state index is 4.80. The molecule has 0 fully saturated rings. The van der Waals surface area contributed by atoms with Gasteiger partial charge in [0.05, 0.1) is 13.2 Å². The Bertz CT molecular complexity index is 167. The van der Waals surface area contributed by atoms with Crippen LogP contribution in [-0.2, 0) is 9.47 Å². The number of ether oxygens (including phenoxy) is 2. The van der Waals surface area contributed by atoms with Gasteiger partial charge >= 0.3 is 0 Å². The summed E-state index contributed by atoms with van der Waals surface area (Å²) in [6.45, 7) is 10.3. The van der Waals surface area contributed by atoms with Crippen molar-refractivity contribution in [3.05, 3.63) is 12.7 Å². The van der Waals surface area contributed by atoms with E-state index in [1.165, 1.54) is 6.08 Å². The van der Waals surface area contributed by atoms with Gasteiger partial charge in [0.2, 0.25) is 0 Å². The fourth-order valence-electron chi connectivity index (χ4n) is 0.404. The van der Waals surface area contributed by atoms with Gasteiger partial charge in [-0.15, -0.1) is 0 Å². The second-order valence-corrected chi connectivity index (χ2v) is 2.86. The van der Waals surface area contributed by atoms with Crippen molar-refractivity contribution in [1.82, 2.24) is 0 Å². The van der Waals surface area contributed by atoms with E-state index in [0.29, 0.717) is 23.3 Å². The molecule has 0 saturated carbocycles. The lowest BCUT2D eigenvalue weighted by Gasteiger charge is -1.94. The van der Waals surface area contributed by atoms with Gasteiger partial charge in [-0.2, -0.15) is 0 Å². The molecule has 0 rings (SSSR count). The largest absolute Gasteiger partial charge is 0.488 e. The van der Waals surface area contributed by atoms with E-state index in [9.17, 15) is 0 Å². The molecule has 76 valence electrons. The van der Waals surface area contributed by atoms with E-state index in [2.05, 4.69) is 31.0 Å². The molecule has 0 aliphatic heterocycles. The summed E-state index contributed by atoms with van der Waals surface area (Å²) >= 11 is 9.19. The Balaban J connectivity index is 0. The fraction of sp³-hybridized carbons (Fsp3) is 0.556. The molecule has 0 aromatic carbocycles. The minimum Gasteiger partial charge on any atom is -0.488 e. The molecular formula is C9H16O2S2. The van der Waals surface area contributed by atoms with Crippen LogP contribution in [0.4, 0.5) is 0 Å². The lowest BCUT2D eigenvalue weighted by atomic mass is 10.7. The predicted molar refractivity (Wildman–Crippen MR) is 64.3 cm³/mol. The minimum atomic E-state index is 0.475. The van der Waals surface area contributed by atoms with Crippen LogP contribution >= 0.6 is 24.4 Å². The van der Waals surface area contributed by atoms with E-state index in [1.54, 1.807) is 6.92 Å². The molecule has 0 saturated heterocycles. The van der Waals surface area contributed by atoms with Crippen molar-refractivity contribution in [2.24, 2.45) is 0 Å². The molecule has 13 heavy (non-hydrogen) atoms. The maximum absolute atomic E-state index is 4.80. The van der Waals surface area contributed by atoms with Gasteiger partial charge in [0.25, 0.3) is 0 Å². The van der Waals surface area contributed by atoms with Crippen molar-refractivity contribution in [3.63, 3.8) is 0 Å².